The smallest absolute Gasteiger partial charge is 0.249 e. The Morgan fingerprint density at radius 3 is 2.46 bits per heavy atom. The molecule has 37 heavy (non-hydrogen) atoms. The molecule has 0 aliphatic carbocycles. The van der Waals surface area contributed by atoms with Gasteiger partial charge in [0.15, 0.2) is 0 Å². The largest absolute Gasteiger partial charge is 0.354 e. The van der Waals surface area contributed by atoms with Crippen molar-refractivity contribution in [1.29, 1.82) is 0 Å². The lowest BCUT2D eigenvalue weighted by molar-refractivity contribution is -0.127. The third-order valence-electron chi connectivity index (χ3n) is 6.52. The Balaban J connectivity index is 1.80. The fourth-order valence-corrected chi connectivity index (χ4v) is 4.30. The Hall–Kier alpha value is -4.07. The van der Waals surface area contributed by atoms with Gasteiger partial charge in [-0.3, -0.25) is 14.5 Å². The molecule has 0 saturated heterocycles. The topological polar surface area (TPSA) is 80.1 Å². The van der Waals surface area contributed by atoms with E-state index in [9.17, 15) is 14.0 Å². The molecule has 1 aromatic heterocycles. The van der Waals surface area contributed by atoms with Gasteiger partial charge in [-0.15, -0.1) is 5.10 Å². The molecule has 0 spiro atoms. The number of nitrogens with one attached hydrogen (secondary N) is 1. The Morgan fingerprint density at radius 2 is 1.73 bits per heavy atom. The molecule has 0 bridgehead atoms. The Kier molecular flexibility index (Phi) is 7.96. The molecular weight excluding hydrogens is 469 g/mol. The van der Waals surface area contributed by atoms with Crippen molar-refractivity contribution in [3.63, 3.8) is 0 Å². The van der Waals surface area contributed by atoms with E-state index in [-0.39, 0.29) is 18.4 Å². The predicted octanol–water partition coefficient (Wildman–Crippen LogP) is 5.12. The number of aryl methyl sites for hydroxylation is 1. The fourth-order valence-electron chi connectivity index (χ4n) is 4.30. The summed E-state index contributed by atoms with van der Waals surface area (Å²) in [5.41, 5.74) is 4.39. The van der Waals surface area contributed by atoms with Crippen molar-refractivity contribution in [3.05, 3.63) is 89.2 Å². The van der Waals surface area contributed by atoms with Crippen LogP contribution in [0.2, 0.25) is 0 Å². The van der Waals surface area contributed by atoms with Crippen LogP contribution in [0.4, 0.5) is 10.1 Å². The van der Waals surface area contributed by atoms with Gasteiger partial charge in [-0.2, -0.15) is 0 Å². The molecule has 1 atom stereocenters. The van der Waals surface area contributed by atoms with E-state index in [1.54, 1.807) is 12.1 Å². The van der Waals surface area contributed by atoms with Crippen LogP contribution in [0.25, 0.3) is 11.0 Å². The zero-order valence-electron chi connectivity index (χ0n) is 21.6. The number of aromatic nitrogens is 3. The van der Waals surface area contributed by atoms with Crippen molar-refractivity contribution in [3.8, 4) is 0 Å². The predicted molar refractivity (Wildman–Crippen MR) is 143 cm³/mol. The number of carbonyl (C=O) groups excluding carboxylic acids is 2. The highest BCUT2D eigenvalue weighted by Gasteiger charge is 2.34. The van der Waals surface area contributed by atoms with Gasteiger partial charge in [0.1, 0.15) is 23.9 Å². The average Bonchev–Trinajstić information content (AvgIpc) is 3.27. The van der Waals surface area contributed by atoms with Crippen LogP contribution < -0.4 is 10.2 Å². The molecular formula is C29H32FN5O2. The number of halogens is 1. The van der Waals surface area contributed by atoms with Gasteiger partial charge >= 0.3 is 0 Å². The van der Waals surface area contributed by atoms with Crippen molar-refractivity contribution in [2.75, 3.05) is 11.4 Å². The molecule has 0 aliphatic rings. The normalized spacial score (nSPS) is 12.1. The third-order valence-corrected chi connectivity index (χ3v) is 6.52. The minimum Gasteiger partial charge on any atom is -0.354 e. The van der Waals surface area contributed by atoms with Gasteiger partial charge in [0.25, 0.3) is 0 Å². The van der Waals surface area contributed by atoms with Crippen LogP contribution in [-0.2, 0) is 16.1 Å². The Bertz CT molecular complexity index is 1400. The zero-order valence-corrected chi connectivity index (χ0v) is 21.6. The molecule has 3 aromatic carbocycles. The quantitative estimate of drug-likeness (QED) is 0.345. The van der Waals surface area contributed by atoms with Gasteiger partial charge in [-0.25, -0.2) is 9.07 Å². The number of hydrogen-bond donors (Lipinski definition) is 1. The van der Waals surface area contributed by atoms with Crippen molar-refractivity contribution < 1.29 is 14.0 Å². The van der Waals surface area contributed by atoms with Gasteiger partial charge in [0.05, 0.1) is 5.52 Å². The molecule has 0 saturated carbocycles. The van der Waals surface area contributed by atoms with Gasteiger partial charge < -0.3 is 5.32 Å². The number of nitrogens with zero attached hydrogens (tertiary/aromatic N) is 4. The molecule has 4 rings (SSSR count). The summed E-state index contributed by atoms with van der Waals surface area (Å²) in [7, 11) is 0. The second-order valence-electron chi connectivity index (χ2n) is 9.65. The molecule has 8 heteroatoms. The zero-order chi connectivity index (χ0) is 26.5. The van der Waals surface area contributed by atoms with Crippen LogP contribution in [0.15, 0.2) is 66.7 Å². The first-order valence-electron chi connectivity index (χ1n) is 12.5. The van der Waals surface area contributed by atoms with Gasteiger partial charge in [0.2, 0.25) is 11.8 Å². The van der Waals surface area contributed by atoms with E-state index in [2.05, 4.69) is 29.5 Å². The van der Waals surface area contributed by atoms with E-state index >= 15 is 0 Å². The number of anilines is 1. The fraction of sp³-hybridized carbons (Fsp3) is 0.310. The minimum absolute atomic E-state index is 0.120. The number of fused-ring (bicyclic) bond motifs is 1. The number of carbonyl (C=O) groups is 2. The monoisotopic (exact) mass is 501 g/mol. The number of hydrogen-bond acceptors (Lipinski definition) is 4. The minimum atomic E-state index is -1.00. The molecule has 7 nitrogen and oxygen atoms in total. The van der Waals surface area contributed by atoms with E-state index in [4.69, 9.17) is 0 Å². The second-order valence-corrected chi connectivity index (χ2v) is 9.65. The third kappa shape index (κ3) is 5.85. The van der Waals surface area contributed by atoms with Crippen molar-refractivity contribution in [2.24, 2.45) is 5.92 Å². The molecule has 1 unspecified atom stereocenters. The lowest BCUT2D eigenvalue weighted by Gasteiger charge is -2.33. The molecule has 0 fully saturated rings. The summed E-state index contributed by atoms with van der Waals surface area (Å²) in [5.74, 6) is -0.675. The van der Waals surface area contributed by atoms with Crippen molar-refractivity contribution in [2.45, 2.75) is 46.7 Å². The second kappa shape index (κ2) is 11.3. The number of rotatable bonds is 9. The summed E-state index contributed by atoms with van der Waals surface area (Å²) >= 11 is 0. The number of para-hydroxylation sites is 1. The van der Waals surface area contributed by atoms with E-state index < -0.39 is 11.9 Å². The van der Waals surface area contributed by atoms with Crippen molar-refractivity contribution >= 4 is 28.5 Å². The standard InChI is InChI=1S/C29H32FN5O2/c1-19(2)16-17-31-29(37)28(22-12-14-23(30)15-13-22)35(25-11-7-8-20(3)21(25)4)27(36)18-34-26-10-6-5-9-24(26)32-33-34/h5-15,19,28H,16-18H2,1-4H3,(H,31,37). The first kappa shape index (κ1) is 26.0. The molecule has 0 radical (unpaired) electrons. The van der Waals surface area contributed by atoms with E-state index in [1.165, 1.54) is 21.7 Å². The van der Waals surface area contributed by atoms with Crippen LogP contribution in [0, 0.1) is 25.6 Å². The number of benzene rings is 3. The lowest BCUT2D eigenvalue weighted by Crippen LogP contribution is -2.46. The highest BCUT2D eigenvalue weighted by atomic mass is 19.1. The highest BCUT2D eigenvalue weighted by Crippen LogP contribution is 2.32. The highest BCUT2D eigenvalue weighted by molar-refractivity contribution is 6.02. The Morgan fingerprint density at radius 1 is 1.00 bits per heavy atom. The molecule has 4 aromatic rings. The summed E-state index contributed by atoms with van der Waals surface area (Å²) < 4.78 is 15.4. The molecule has 1 heterocycles. The summed E-state index contributed by atoms with van der Waals surface area (Å²) in [6, 6.07) is 17.8. The number of amides is 2. The maximum atomic E-state index is 14.1. The Labute approximate surface area is 216 Å². The van der Waals surface area contributed by atoms with E-state index in [1.807, 2.05) is 56.3 Å². The van der Waals surface area contributed by atoms with Crippen molar-refractivity contribution in [1.82, 2.24) is 20.3 Å². The summed E-state index contributed by atoms with van der Waals surface area (Å²) in [4.78, 5) is 29.3. The van der Waals surface area contributed by atoms with Crippen LogP contribution in [0.3, 0.4) is 0 Å². The first-order chi connectivity index (χ1) is 17.8. The lowest BCUT2D eigenvalue weighted by atomic mass is 10.00. The van der Waals surface area contributed by atoms with Crippen LogP contribution >= 0.6 is 0 Å². The average molecular weight is 502 g/mol. The SMILES string of the molecule is Cc1cccc(N(C(=O)Cn2nnc3ccccc32)C(C(=O)NCCC(C)C)c2ccc(F)cc2)c1C. The maximum absolute atomic E-state index is 14.1. The molecule has 1 N–H and O–H groups in total. The first-order valence-corrected chi connectivity index (χ1v) is 12.5. The van der Waals surface area contributed by atoms with Crippen LogP contribution in [0.5, 0.6) is 0 Å². The van der Waals surface area contributed by atoms with Crippen LogP contribution in [0.1, 0.15) is 43.0 Å². The van der Waals surface area contributed by atoms with E-state index in [0.717, 1.165) is 23.1 Å². The van der Waals surface area contributed by atoms with E-state index in [0.29, 0.717) is 29.2 Å². The molecule has 0 aliphatic heterocycles. The summed E-state index contributed by atoms with van der Waals surface area (Å²) in [6.07, 6.45) is 0.796. The summed E-state index contributed by atoms with van der Waals surface area (Å²) in [5, 5.41) is 11.3. The molecule has 2 amide bonds. The maximum Gasteiger partial charge on any atom is 0.249 e. The van der Waals surface area contributed by atoms with Gasteiger partial charge in [-0.05, 0) is 73.2 Å². The summed E-state index contributed by atoms with van der Waals surface area (Å²) in [6.45, 7) is 8.40. The van der Waals surface area contributed by atoms with Gasteiger partial charge in [0, 0.05) is 12.2 Å². The van der Waals surface area contributed by atoms with Crippen LogP contribution in [-0.4, -0.2) is 33.4 Å². The van der Waals surface area contributed by atoms with Gasteiger partial charge in [-0.1, -0.05) is 55.5 Å². The molecule has 192 valence electrons.